The minimum absolute atomic E-state index is 0.736. The molecule has 19 heavy (non-hydrogen) atoms. The van der Waals surface area contributed by atoms with Crippen LogP contribution in [-0.2, 0) is 17.8 Å². The molecular formula is C15H21N3O. The van der Waals surface area contributed by atoms with Crippen LogP contribution in [0.1, 0.15) is 17.0 Å². The number of hydrogen-bond donors (Lipinski definition) is 1. The highest BCUT2D eigenvalue weighted by atomic mass is 16.5. The van der Waals surface area contributed by atoms with Gasteiger partial charge in [-0.25, -0.2) is 0 Å². The van der Waals surface area contributed by atoms with Gasteiger partial charge < -0.3 is 14.6 Å². The molecule has 2 aromatic heterocycles. The van der Waals surface area contributed by atoms with E-state index in [0.717, 1.165) is 31.9 Å². The minimum Gasteiger partial charge on any atom is -0.383 e. The molecule has 2 heterocycles. The van der Waals surface area contributed by atoms with Crippen molar-refractivity contribution < 1.29 is 4.74 Å². The Morgan fingerprint density at radius 2 is 2.21 bits per heavy atom. The summed E-state index contributed by atoms with van der Waals surface area (Å²) >= 11 is 0. The largest absolute Gasteiger partial charge is 0.383 e. The van der Waals surface area contributed by atoms with Gasteiger partial charge in [0.25, 0.3) is 0 Å². The van der Waals surface area contributed by atoms with Gasteiger partial charge in [0.05, 0.1) is 18.8 Å². The van der Waals surface area contributed by atoms with Gasteiger partial charge in [-0.1, -0.05) is 6.07 Å². The van der Waals surface area contributed by atoms with Crippen LogP contribution in [0.4, 0.5) is 0 Å². The average Bonchev–Trinajstić information content (AvgIpc) is 2.85. The number of aromatic nitrogens is 2. The standard InChI is InChI=1S/C15H21N3O/c1-13-5-3-7-17-15(13)12-18-9-4-6-14(18)11-16-8-10-19-2/h3-7,9,16H,8,10-12H2,1-2H3. The molecule has 0 aliphatic rings. The molecule has 0 aliphatic carbocycles. The molecule has 0 spiro atoms. The first-order valence-electron chi connectivity index (χ1n) is 6.55. The van der Waals surface area contributed by atoms with Crippen LogP contribution in [0.15, 0.2) is 36.7 Å². The number of pyridine rings is 1. The van der Waals surface area contributed by atoms with Crippen LogP contribution >= 0.6 is 0 Å². The molecule has 0 aliphatic heterocycles. The van der Waals surface area contributed by atoms with Crippen molar-refractivity contribution in [3.05, 3.63) is 53.6 Å². The third kappa shape index (κ3) is 3.91. The topological polar surface area (TPSA) is 39.1 Å². The lowest BCUT2D eigenvalue weighted by Gasteiger charge is -2.11. The Bertz CT molecular complexity index is 508. The van der Waals surface area contributed by atoms with E-state index in [1.807, 2.05) is 12.3 Å². The fraction of sp³-hybridized carbons (Fsp3) is 0.400. The number of methoxy groups -OCH3 is 1. The molecule has 0 amide bonds. The Labute approximate surface area is 114 Å². The van der Waals surface area contributed by atoms with Crippen LogP contribution in [-0.4, -0.2) is 29.8 Å². The summed E-state index contributed by atoms with van der Waals surface area (Å²) in [4.78, 5) is 4.44. The molecule has 0 radical (unpaired) electrons. The van der Waals surface area contributed by atoms with Crippen LogP contribution in [0.25, 0.3) is 0 Å². The lowest BCUT2D eigenvalue weighted by Crippen LogP contribution is -2.20. The molecule has 0 aromatic carbocycles. The van der Waals surface area contributed by atoms with Crippen molar-refractivity contribution in [3.63, 3.8) is 0 Å². The van der Waals surface area contributed by atoms with Crippen molar-refractivity contribution in [1.29, 1.82) is 0 Å². The maximum absolute atomic E-state index is 5.02. The van der Waals surface area contributed by atoms with Gasteiger partial charge in [0.1, 0.15) is 0 Å². The molecule has 0 saturated heterocycles. The Balaban J connectivity index is 1.98. The van der Waals surface area contributed by atoms with Crippen molar-refractivity contribution in [2.45, 2.75) is 20.0 Å². The van der Waals surface area contributed by atoms with Crippen molar-refractivity contribution in [2.75, 3.05) is 20.3 Å². The maximum atomic E-state index is 5.02. The highest BCUT2D eigenvalue weighted by Crippen LogP contribution is 2.09. The Morgan fingerprint density at radius 3 is 3.00 bits per heavy atom. The van der Waals surface area contributed by atoms with Gasteiger partial charge in [0, 0.05) is 38.3 Å². The van der Waals surface area contributed by atoms with Crippen molar-refractivity contribution in [2.24, 2.45) is 0 Å². The van der Waals surface area contributed by atoms with E-state index < -0.39 is 0 Å². The number of ether oxygens (including phenoxy) is 1. The summed E-state index contributed by atoms with van der Waals surface area (Å²) in [5, 5.41) is 3.36. The zero-order chi connectivity index (χ0) is 13.5. The zero-order valence-electron chi connectivity index (χ0n) is 11.6. The fourth-order valence-corrected chi connectivity index (χ4v) is 2.00. The molecular weight excluding hydrogens is 238 g/mol. The third-order valence-electron chi connectivity index (χ3n) is 3.15. The number of nitrogens with one attached hydrogen (secondary N) is 1. The molecule has 4 nitrogen and oxygen atoms in total. The molecule has 0 fully saturated rings. The molecule has 102 valence electrons. The first-order chi connectivity index (χ1) is 9.31. The Hall–Kier alpha value is -1.65. The van der Waals surface area contributed by atoms with Gasteiger partial charge in [-0.05, 0) is 30.7 Å². The smallest absolute Gasteiger partial charge is 0.0648 e. The zero-order valence-corrected chi connectivity index (χ0v) is 11.6. The molecule has 2 aromatic rings. The highest BCUT2D eigenvalue weighted by Gasteiger charge is 2.04. The van der Waals surface area contributed by atoms with E-state index in [1.54, 1.807) is 7.11 Å². The van der Waals surface area contributed by atoms with Crippen molar-refractivity contribution >= 4 is 0 Å². The van der Waals surface area contributed by atoms with Crippen LogP contribution < -0.4 is 5.32 Å². The van der Waals surface area contributed by atoms with E-state index in [-0.39, 0.29) is 0 Å². The van der Waals surface area contributed by atoms with E-state index in [9.17, 15) is 0 Å². The predicted octanol–water partition coefficient (Wildman–Crippen LogP) is 1.98. The lowest BCUT2D eigenvalue weighted by molar-refractivity contribution is 0.199. The first-order valence-corrected chi connectivity index (χ1v) is 6.55. The summed E-state index contributed by atoms with van der Waals surface area (Å²) in [6, 6.07) is 8.29. The number of rotatable bonds is 7. The molecule has 2 rings (SSSR count). The fourth-order valence-electron chi connectivity index (χ4n) is 2.00. The summed E-state index contributed by atoms with van der Waals surface area (Å²) in [7, 11) is 1.72. The number of hydrogen-bond acceptors (Lipinski definition) is 3. The molecule has 0 bridgehead atoms. The normalized spacial score (nSPS) is 10.8. The molecule has 1 N–H and O–H groups in total. The van der Waals surface area contributed by atoms with Crippen molar-refractivity contribution in [3.8, 4) is 0 Å². The Morgan fingerprint density at radius 1 is 1.32 bits per heavy atom. The number of nitrogens with zero attached hydrogens (tertiary/aromatic N) is 2. The lowest BCUT2D eigenvalue weighted by atomic mass is 10.2. The summed E-state index contributed by atoms with van der Waals surface area (Å²) < 4.78 is 7.25. The van der Waals surface area contributed by atoms with E-state index >= 15 is 0 Å². The number of aryl methyl sites for hydroxylation is 1. The SMILES string of the molecule is COCCNCc1cccn1Cc1ncccc1C. The third-order valence-corrected chi connectivity index (χ3v) is 3.15. The molecule has 0 unspecified atom stereocenters. The molecule has 4 heteroatoms. The van der Waals surface area contributed by atoms with Crippen LogP contribution in [0, 0.1) is 6.92 Å². The van der Waals surface area contributed by atoms with Gasteiger partial charge in [0.15, 0.2) is 0 Å². The van der Waals surface area contributed by atoms with Gasteiger partial charge in [-0.3, -0.25) is 4.98 Å². The second-order valence-electron chi connectivity index (χ2n) is 4.56. The van der Waals surface area contributed by atoms with E-state index in [0.29, 0.717) is 0 Å². The predicted molar refractivity (Wildman–Crippen MR) is 76.1 cm³/mol. The van der Waals surface area contributed by atoms with Crippen molar-refractivity contribution in [1.82, 2.24) is 14.9 Å². The van der Waals surface area contributed by atoms with E-state index in [2.05, 4.69) is 46.2 Å². The van der Waals surface area contributed by atoms with Gasteiger partial charge >= 0.3 is 0 Å². The first kappa shape index (κ1) is 13.8. The molecule has 0 saturated carbocycles. The minimum atomic E-state index is 0.736. The second-order valence-corrected chi connectivity index (χ2v) is 4.56. The van der Waals surface area contributed by atoms with E-state index in [4.69, 9.17) is 4.74 Å². The summed E-state index contributed by atoms with van der Waals surface area (Å²) in [5.41, 5.74) is 3.62. The van der Waals surface area contributed by atoms with Crippen LogP contribution in [0.2, 0.25) is 0 Å². The van der Waals surface area contributed by atoms with Gasteiger partial charge in [0.2, 0.25) is 0 Å². The summed E-state index contributed by atoms with van der Waals surface area (Å²) in [5.74, 6) is 0. The van der Waals surface area contributed by atoms with Gasteiger partial charge in [-0.15, -0.1) is 0 Å². The van der Waals surface area contributed by atoms with Crippen LogP contribution in [0.5, 0.6) is 0 Å². The monoisotopic (exact) mass is 259 g/mol. The quantitative estimate of drug-likeness (QED) is 0.773. The van der Waals surface area contributed by atoms with Gasteiger partial charge in [-0.2, -0.15) is 0 Å². The summed E-state index contributed by atoms with van der Waals surface area (Å²) in [6.45, 7) is 5.37. The second kappa shape index (κ2) is 7.07. The maximum Gasteiger partial charge on any atom is 0.0648 e. The Kier molecular flexibility index (Phi) is 5.12. The summed E-state index contributed by atoms with van der Waals surface area (Å²) in [6.07, 6.45) is 3.95. The van der Waals surface area contributed by atoms with E-state index in [1.165, 1.54) is 11.3 Å². The highest BCUT2D eigenvalue weighted by molar-refractivity contribution is 5.19. The van der Waals surface area contributed by atoms with Crippen LogP contribution in [0.3, 0.4) is 0 Å². The average molecular weight is 259 g/mol. The molecule has 0 atom stereocenters.